The van der Waals surface area contributed by atoms with Crippen molar-refractivity contribution >= 4 is 38.8 Å². The van der Waals surface area contributed by atoms with Gasteiger partial charge in [0.05, 0.1) is 17.8 Å². The molecule has 0 aliphatic heterocycles. The SMILES string of the molecule is CC(C)(C)[C@H](NC(=O)Cn1cnc2sc3c(c2c1=O)CCC3)c1cccs1. The lowest BCUT2D eigenvalue weighted by Crippen LogP contribution is -2.39. The maximum Gasteiger partial charge on any atom is 0.262 e. The second-order valence-electron chi connectivity index (χ2n) is 8.10. The number of hydrogen-bond acceptors (Lipinski definition) is 5. The normalized spacial score (nSPS) is 15.1. The molecule has 3 aromatic rings. The molecule has 0 bridgehead atoms. The summed E-state index contributed by atoms with van der Waals surface area (Å²) in [6, 6.07) is 3.93. The van der Waals surface area contributed by atoms with Crippen LogP contribution in [0.5, 0.6) is 0 Å². The molecule has 0 fully saturated rings. The fraction of sp³-hybridized carbons (Fsp3) is 0.450. The predicted octanol–water partition coefficient (Wildman–Crippen LogP) is 3.91. The molecule has 0 spiro atoms. The highest BCUT2D eigenvalue weighted by molar-refractivity contribution is 7.18. The van der Waals surface area contributed by atoms with E-state index >= 15 is 0 Å². The van der Waals surface area contributed by atoms with E-state index in [4.69, 9.17) is 0 Å². The van der Waals surface area contributed by atoms with Crippen LogP contribution in [0.4, 0.5) is 0 Å². The number of rotatable bonds is 4. The first kappa shape index (κ1) is 18.4. The topological polar surface area (TPSA) is 64.0 Å². The highest BCUT2D eigenvalue weighted by atomic mass is 32.1. The predicted molar refractivity (Wildman–Crippen MR) is 111 cm³/mol. The maximum atomic E-state index is 12.9. The summed E-state index contributed by atoms with van der Waals surface area (Å²) in [5, 5.41) is 5.85. The minimum atomic E-state index is -0.168. The summed E-state index contributed by atoms with van der Waals surface area (Å²) >= 11 is 3.25. The Morgan fingerprint density at radius 3 is 2.89 bits per heavy atom. The number of fused-ring (bicyclic) bond motifs is 3. The van der Waals surface area contributed by atoms with E-state index in [1.54, 1.807) is 22.7 Å². The van der Waals surface area contributed by atoms with Crippen LogP contribution in [0.3, 0.4) is 0 Å². The number of nitrogens with one attached hydrogen (secondary N) is 1. The van der Waals surface area contributed by atoms with Crippen molar-refractivity contribution in [3.05, 3.63) is 49.5 Å². The van der Waals surface area contributed by atoms with Crippen LogP contribution < -0.4 is 10.9 Å². The molecule has 7 heteroatoms. The fourth-order valence-electron chi connectivity index (χ4n) is 3.66. The minimum Gasteiger partial charge on any atom is -0.346 e. The molecule has 3 heterocycles. The number of aromatic nitrogens is 2. The van der Waals surface area contributed by atoms with Gasteiger partial charge in [0.15, 0.2) is 0 Å². The number of thiophene rings is 2. The van der Waals surface area contributed by atoms with Crippen LogP contribution in [0.2, 0.25) is 0 Å². The van der Waals surface area contributed by atoms with Crippen LogP contribution in [-0.2, 0) is 24.2 Å². The molecule has 0 aromatic carbocycles. The average molecular weight is 402 g/mol. The number of amides is 1. The number of nitrogens with zero attached hydrogens (tertiary/aromatic N) is 2. The quantitative estimate of drug-likeness (QED) is 0.721. The van der Waals surface area contributed by atoms with Crippen molar-refractivity contribution in [1.29, 1.82) is 0 Å². The third-order valence-corrected chi connectivity index (χ3v) is 7.14. The maximum absolute atomic E-state index is 12.9. The van der Waals surface area contributed by atoms with E-state index in [0.717, 1.165) is 34.5 Å². The molecule has 3 aromatic heterocycles. The lowest BCUT2D eigenvalue weighted by Gasteiger charge is -2.30. The first-order chi connectivity index (χ1) is 12.8. The zero-order chi connectivity index (χ0) is 19.2. The van der Waals surface area contributed by atoms with Crippen molar-refractivity contribution in [2.24, 2.45) is 5.41 Å². The van der Waals surface area contributed by atoms with E-state index in [-0.39, 0.29) is 29.5 Å². The highest BCUT2D eigenvalue weighted by Crippen LogP contribution is 2.35. The molecule has 1 N–H and O–H groups in total. The van der Waals surface area contributed by atoms with Crippen molar-refractivity contribution in [3.8, 4) is 0 Å². The molecule has 0 radical (unpaired) electrons. The summed E-state index contributed by atoms with van der Waals surface area (Å²) in [6.07, 6.45) is 4.57. The number of carbonyl (C=O) groups excluding carboxylic acids is 1. The first-order valence-corrected chi connectivity index (χ1v) is 10.9. The zero-order valence-corrected chi connectivity index (χ0v) is 17.4. The van der Waals surface area contributed by atoms with Gasteiger partial charge >= 0.3 is 0 Å². The summed E-state index contributed by atoms with van der Waals surface area (Å²) in [7, 11) is 0. The molecule has 27 heavy (non-hydrogen) atoms. The van der Waals surface area contributed by atoms with Crippen LogP contribution >= 0.6 is 22.7 Å². The summed E-state index contributed by atoms with van der Waals surface area (Å²) in [6.45, 7) is 6.30. The van der Waals surface area contributed by atoms with Crippen molar-refractivity contribution < 1.29 is 4.79 Å². The second kappa shape index (κ2) is 6.87. The molecule has 0 saturated carbocycles. The van der Waals surface area contributed by atoms with Gasteiger partial charge in [0.2, 0.25) is 5.91 Å². The Kier molecular flexibility index (Phi) is 4.68. The molecule has 1 amide bonds. The van der Waals surface area contributed by atoms with Gasteiger partial charge in [-0.2, -0.15) is 0 Å². The van der Waals surface area contributed by atoms with E-state index < -0.39 is 0 Å². The van der Waals surface area contributed by atoms with E-state index in [1.807, 2.05) is 17.5 Å². The van der Waals surface area contributed by atoms with Crippen LogP contribution in [0.1, 0.15) is 48.6 Å². The van der Waals surface area contributed by atoms with E-state index in [2.05, 4.69) is 31.1 Å². The summed E-state index contributed by atoms with van der Waals surface area (Å²) in [4.78, 5) is 33.3. The molecule has 4 rings (SSSR count). The van der Waals surface area contributed by atoms with Crippen LogP contribution in [0.25, 0.3) is 10.2 Å². The van der Waals surface area contributed by atoms with E-state index in [9.17, 15) is 9.59 Å². The van der Waals surface area contributed by atoms with Crippen molar-refractivity contribution in [2.75, 3.05) is 0 Å². The third-order valence-electron chi connectivity index (χ3n) is 5.00. The standard InChI is InChI=1S/C20H23N3O2S2/c1-20(2,3)17(14-8-5-9-26-14)22-15(24)10-23-11-21-18-16(19(23)25)12-6-4-7-13(12)27-18/h5,8-9,11,17H,4,6-7,10H2,1-3H3,(H,22,24)/t17-/m1/s1. The first-order valence-electron chi connectivity index (χ1n) is 9.17. The van der Waals surface area contributed by atoms with Crippen molar-refractivity contribution in [2.45, 2.75) is 52.6 Å². The van der Waals surface area contributed by atoms with Gasteiger partial charge in [0.25, 0.3) is 5.56 Å². The van der Waals surface area contributed by atoms with Gasteiger partial charge in [-0.15, -0.1) is 22.7 Å². The monoisotopic (exact) mass is 401 g/mol. The Morgan fingerprint density at radius 1 is 1.37 bits per heavy atom. The number of aryl methyl sites for hydroxylation is 2. The molecule has 0 saturated heterocycles. The van der Waals surface area contributed by atoms with Crippen molar-refractivity contribution in [1.82, 2.24) is 14.9 Å². The third kappa shape index (κ3) is 3.46. The molecular weight excluding hydrogens is 378 g/mol. The molecular formula is C20H23N3O2S2. The minimum absolute atomic E-state index is 0.00957. The second-order valence-corrected chi connectivity index (χ2v) is 10.2. The molecule has 5 nitrogen and oxygen atoms in total. The Balaban J connectivity index is 1.59. The summed E-state index contributed by atoms with van der Waals surface area (Å²) in [5.74, 6) is -0.168. The van der Waals surface area contributed by atoms with Crippen molar-refractivity contribution in [3.63, 3.8) is 0 Å². The lowest BCUT2D eigenvalue weighted by molar-refractivity contribution is -0.123. The summed E-state index contributed by atoms with van der Waals surface area (Å²) < 4.78 is 1.44. The van der Waals surface area contributed by atoms with Gasteiger partial charge in [-0.05, 0) is 41.7 Å². The van der Waals surface area contributed by atoms with Gasteiger partial charge in [0.1, 0.15) is 11.4 Å². The van der Waals surface area contributed by atoms with Gasteiger partial charge in [-0.3, -0.25) is 14.2 Å². The van der Waals surface area contributed by atoms with Crippen LogP contribution in [-0.4, -0.2) is 15.5 Å². The molecule has 1 aliphatic rings. The lowest BCUT2D eigenvalue weighted by atomic mass is 9.85. The summed E-state index contributed by atoms with van der Waals surface area (Å²) in [5.41, 5.74) is 0.924. The highest BCUT2D eigenvalue weighted by Gasteiger charge is 2.29. The van der Waals surface area contributed by atoms with Gasteiger partial charge in [0, 0.05) is 9.75 Å². The molecule has 142 valence electrons. The van der Waals surface area contributed by atoms with Gasteiger partial charge in [-0.25, -0.2) is 4.98 Å². The Morgan fingerprint density at radius 2 is 2.19 bits per heavy atom. The Bertz CT molecular complexity index is 1040. The Hall–Kier alpha value is -1.99. The fourth-order valence-corrected chi connectivity index (χ4v) is 5.90. The van der Waals surface area contributed by atoms with Crippen LogP contribution in [0.15, 0.2) is 28.6 Å². The Labute approximate surface area is 166 Å². The average Bonchev–Trinajstić information content (AvgIpc) is 3.30. The molecule has 1 atom stereocenters. The number of carbonyl (C=O) groups is 1. The van der Waals surface area contributed by atoms with E-state index in [1.165, 1.54) is 15.8 Å². The largest absolute Gasteiger partial charge is 0.346 e. The van der Waals surface area contributed by atoms with Gasteiger partial charge in [-0.1, -0.05) is 26.8 Å². The van der Waals surface area contributed by atoms with Crippen LogP contribution in [0, 0.1) is 5.41 Å². The molecule has 1 aliphatic carbocycles. The van der Waals surface area contributed by atoms with Gasteiger partial charge < -0.3 is 5.32 Å². The molecule has 0 unspecified atom stereocenters. The zero-order valence-electron chi connectivity index (χ0n) is 15.7. The smallest absolute Gasteiger partial charge is 0.262 e. The van der Waals surface area contributed by atoms with E-state index in [0.29, 0.717) is 5.39 Å². The number of hydrogen-bond donors (Lipinski definition) is 1.